The van der Waals surface area contributed by atoms with Gasteiger partial charge in [-0.2, -0.15) is 5.10 Å². The van der Waals surface area contributed by atoms with Crippen LogP contribution in [-0.2, 0) is 13.2 Å². The summed E-state index contributed by atoms with van der Waals surface area (Å²) in [4.78, 5) is 15.2. The van der Waals surface area contributed by atoms with Crippen LogP contribution in [0, 0.1) is 3.57 Å². The Hall–Kier alpha value is -1.64. The minimum atomic E-state index is -1.01. The molecule has 7 heteroatoms. The van der Waals surface area contributed by atoms with Crippen molar-refractivity contribution in [2.45, 2.75) is 20.1 Å². The lowest BCUT2D eigenvalue weighted by Gasteiger charge is -2.09. The molecule has 0 atom stereocenters. The first-order valence-electron chi connectivity index (χ1n) is 5.64. The van der Waals surface area contributed by atoms with Crippen molar-refractivity contribution >= 4 is 28.6 Å². The SMILES string of the molecule is CCn1ncnc1COc1ccc(I)cc1C(=O)O. The van der Waals surface area contributed by atoms with E-state index in [-0.39, 0.29) is 12.2 Å². The molecule has 1 aromatic carbocycles. The van der Waals surface area contributed by atoms with E-state index in [0.29, 0.717) is 18.1 Å². The first kappa shape index (κ1) is 13.8. The predicted octanol–water partition coefficient (Wildman–Crippen LogP) is 2.18. The molecule has 2 rings (SSSR count). The van der Waals surface area contributed by atoms with Gasteiger partial charge in [0.25, 0.3) is 0 Å². The first-order valence-corrected chi connectivity index (χ1v) is 6.72. The molecule has 0 saturated heterocycles. The van der Waals surface area contributed by atoms with Crippen LogP contribution in [0.4, 0.5) is 0 Å². The van der Waals surface area contributed by atoms with Crippen LogP contribution in [0.5, 0.6) is 5.75 Å². The molecule has 0 aliphatic rings. The first-order chi connectivity index (χ1) is 9.11. The molecule has 1 aromatic heterocycles. The standard InChI is InChI=1S/C12H12IN3O3/c1-2-16-11(14-7-15-16)6-19-10-4-3-8(13)5-9(10)12(17)18/h3-5,7H,2,6H2,1H3,(H,17,18). The number of halogens is 1. The fourth-order valence-electron chi connectivity index (χ4n) is 1.60. The van der Waals surface area contributed by atoms with Crippen molar-refractivity contribution in [1.82, 2.24) is 14.8 Å². The summed E-state index contributed by atoms with van der Waals surface area (Å²) in [6.45, 7) is 2.83. The van der Waals surface area contributed by atoms with E-state index in [1.54, 1.807) is 22.9 Å². The molecular weight excluding hydrogens is 361 g/mol. The second kappa shape index (κ2) is 6.00. The third kappa shape index (κ3) is 3.22. The number of benzene rings is 1. The summed E-state index contributed by atoms with van der Waals surface area (Å²) >= 11 is 2.06. The van der Waals surface area contributed by atoms with Crippen LogP contribution in [0.3, 0.4) is 0 Å². The predicted molar refractivity (Wildman–Crippen MR) is 76.1 cm³/mol. The molecule has 1 heterocycles. The van der Waals surface area contributed by atoms with E-state index in [1.165, 1.54) is 6.33 Å². The number of rotatable bonds is 5. The Bertz CT molecular complexity index is 598. The Morgan fingerprint density at radius 3 is 3.00 bits per heavy atom. The van der Waals surface area contributed by atoms with E-state index < -0.39 is 5.97 Å². The summed E-state index contributed by atoms with van der Waals surface area (Å²) in [5.74, 6) is -0.0126. The summed E-state index contributed by atoms with van der Waals surface area (Å²) in [6, 6.07) is 5.02. The maximum atomic E-state index is 11.1. The van der Waals surface area contributed by atoms with E-state index >= 15 is 0 Å². The van der Waals surface area contributed by atoms with Crippen molar-refractivity contribution in [3.63, 3.8) is 0 Å². The fraction of sp³-hybridized carbons (Fsp3) is 0.250. The maximum Gasteiger partial charge on any atom is 0.339 e. The van der Waals surface area contributed by atoms with Gasteiger partial charge in [-0.1, -0.05) is 0 Å². The molecule has 0 amide bonds. The largest absolute Gasteiger partial charge is 0.485 e. The summed E-state index contributed by atoms with van der Waals surface area (Å²) in [6.07, 6.45) is 1.45. The number of carbonyl (C=O) groups is 1. The van der Waals surface area contributed by atoms with Gasteiger partial charge in [0.2, 0.25) is 0 Å². The van der Waals surface area contributed by atoms with Crippen LogP contribution in [0.25, 0.3) is 0 Å². The van der Waals surface area contributed by atoms with Crippen LogP contribution in [0.15, 0.2) is 24.5 Å². The molecule has 0 saturated carbocycles. The number of carboxylic acids is 1. The van der Waals surface area contributed by atoms with Crippen molar-refractivity contribution < 1.29 is 14.6 Å². The van der Waals surface area contributed by atoms with E-state index in [4.69, 9.17) is 9.84 Å². The van der Waals surface area contributed by atoms with Crippen LogP contribution >= 0.6 is 22.6 Å². The lowest BCUT2D eigenvalue weighted by atomic mass is 10.2. The molecule has 6 nitrogen and oxygen atoms in total. The maximum absolute atomic E-state index is 11.1. The van der Waals surface area contributed by atoms with Crippen molar-refractivity contribution in [2.24, 2.45) is 0 Å². The van der Waals surface area contributed by atoms with Gasteiger partial charge in [0, 0.05) is 10.1 Å². The normalized spacial score (nSPS) is 10.4. The van der Waals surface area contributed by atoms with Gasteiger partial charge in [-0.15, -0.1) is 0 Å². The Morgan fingerprint density at radius 2 is 2.32 bits per heavy atom. The number of aromatic nitrogens is 3. The smallest absolute Gasteiger partial charge is 0.339 e. The molecule has 0 radical (unpaired) electrons. The van der Waals surface area contributed by atoms with Gasteiger partial charge in [0.1, 0.15) is 24.2 Å². The van der Waals surface area contributed by atoms with Crippen LogP contribution in [0.1, 0.15) is 23.1 Å². The van der Waals surface area contributed by atoms with Gasteiger partial charge in [-0.05, 0) is 47.7 Å². The highest BCUT2D eigenvalue weighted by Gasteiger charge is 2.13. The molecule has 0 aliphatic heterocycles. The third-order valence-electron chi connectivity index (χ3n) is 2.52. The minimum absolute atomic E-state index is 0.148. The van der Waals surface area contributed by atoms with Crippen molar-refractivity contribution in [1.29, 1.82) is 0 Å². The highest BCUT2D eigenvalue weighted by molar-refractivity contribution is 14.1. The van der Waals surface area contributed by atoms with Crippen molar-refractivity contribution in [3.8, 4) is 5.75 Å². The zero-order valence-corrected chi connectivity index (χ0v) is 12.4. The number of nitrogens with zero attached hydrogens (tertiary/aromatic N) is 3. The van der Waals surface area contributed by atoms with E-state index in [0.717, 1.165) is 3.57 Å². The quantitative estimate of drug-likeness (QED) is 0.814. The average molecular weight is 373 g/mol. The van der Waals surface area contributed by atoms with Gasteiger partial charge in [0.15, 0.2) is 5.82 Å². The summed E-state index contributed by atoms with van der Waals surface area (Å²) in [5, 5.41) is 13.2. The van der Waals surface area contributed by atoms with Crippen molar-refractivity contribution in [2.75, 3.05) is 0 Å². The molecule has 0 fully saturated rings. The molecular formula is C12H12IN3O3. The Kier molecular flexibility index (Phi) is 4.35. The van der Waals surface area contributed by atoms with E-state index in [2.05, 4.69) is 32.7 Å². The molecule has 100 valence electrons. The molecule has 1 N–H and O–H groups in total. The Morgan fingerprint density at radius 1 is 1.53 bits per heavy atom. The van der Waals surface area contributed by atoms with Gasteiger partial charge in [0.05, 0.1) is 0 Å². The molecule has 0 spiro atoms. The second-order valence-electron chi connectivity index (χ2n) is 3.73. The van der Waals surface area contributed by atoms with Gasteiger partial charge >= 0.3 is 5.97 Å². The summed E-state index contributed by atoms with van der Waals surface area (Å²) in [5.41, 5.74) is 0.148. The van der Waals surface area contributed by atoms with Gasteiger partial charge in [-0.25, -0.2) is 14.5 Å². The highest BCUT2D eigenvalue weighted by Crippen LogP contribution is 2.22. The van der Waals surface area contributed by atoms with Crippen LogP contribution < -0.4 is 4.74 Å². The number of aromatic carboxylic acids is 1. The molecule has 0 aliphatic carbocycles. The highest BCUT2D eigenvalue weighted by atomic mass is 127. The second-order valence-corrected chi connectivity index (χ2v) is 4.97. The van der Waals surface area contributed by atoms with E-state index in [1.807, 2.05) is 6.92 Å². The number of carboxylic acid groups (broad SMARTS) is 1. The molecule has 2 aromatic rings. The lowest BCUT2D eigenvalue weighted by Crippen LogP contribution is -2.09. The molecule has 19 heavy (non-hydrogen) atoms. The summed E-state index contributed by atoms with van der Waals surface area (Å²) in [7, 11) is 0. The minimum Gasteiger partial charge on any atom is -0.485 e. The van der Waals surface area contributed by atoms with Crippen LogP contribution in [0.2, 0.25) is 0 Å². The number of hydrogen-bond acceptors (Lipinski definition) is 4. The molecule has 0 bridgehead atoms. The Labute approximate surface area is 123 Å². The lowest BCUT2D eigenvalue weighted by molar-refractivity contribution is 0.0691. The Balaban J connectivity index is 2.18. The van der Waals surface area contributed by atoms with Gasteiger partial charge in [-0.3, -0.25) is 0 Å². The number of ether oxygens (including phenoxy) is 1. The third-order valence-corrected chi connectivity index (χ3v) is 3.20. The fourth-order valence-corrected chi connectivity index (χ4v) is 2.09. The topological polar surface area (TPSA) is 77.2 Å². The summed E-state index contributed by atoms with van der Waals surface area (Å²) < 4.78 is 8.08. The van der Waals surface area contributed by atoms with Crippen molar-refractivity contribution in [3.05, 3.63) is 39.5 Å². The van der Waals surface area contributed by atoms with Gasteiger partial charge < -0.3 is 9.84 Å². The number of hydrogen-bond donors (Lipinski definition) is 1. The average Bonchev–Trinajstić information content (AvgIpc) is 2.84. The zero-order valence-electron chi connectivity index (χ0n) is 10.2. The van der Waals surface area contributed by atoms with Crippen LogP contribution in [-0.4, -0.2) is 25.8 Å². The van der Waals surface area contributed by atoms with E-state index in [9.17, 15) is 4.79 Å². The zero-order chi connectivity index (χ0) is 13.8. The number of aryl methyl sites for hydroxylation is 1. The molecule has 0 unspecified atom stereocenters. The monoisotopic (exact) mass is 373 g/mol.